The minimum Gasteiger partial charge on any atom is -0.340 e. The van der Waals surface area contributed by atoms with Gasteiger partial charge in [0, 0.05) is 45.3 Å². The largest absolute Gasteiger partial charge is 0.340 e. The predicted molar refractivity (Wildman–Crippen MR) is 120 cm³/mol. The van der Waals surface area contributed by atoms with Crippen LogP contribution in [0.4, 0.5) is 5.69 Å². The molecule has 0 unspecified atom stereocenters. The van der Waals surface area contributed by atoms with E-state index < -0.39 is 0 Å². The second-order valence-corrected chi connectivity index (χ2v) is 7.85. The molecular weight excluding hydrogens is 374 g/mol. The third-order valence-electron chi connectivity index (χ3n) is 5.63. The third kappa shape index (κ3) is 4.86. The zero-order valence-corrected chi connectivity index (χ0v) is 17.3. The number of nitrogens with zero attached hydrogens (tertiary/aromatic N) is 2. The fraction of sp³-hybridized carbons (Fsp3) is 0.280. The Labute approximate surface area is 177 Å². The van der Waals surface area contributed by atoms with Crippen LogP contribution in [-0.4, -0.2) is 47.8 Å². The smallest absolute Gasteiger partial charge is 0.227 e. The lowest BCUT2D eigenvalue weighted by Crippen LogP contribution is -2.48. The van der Waals surface area contributed by atoms with Crippen molar-refractivity contribution in [2.75, 3.05) is 31.5 Å². The molecule has 1 heterocycles. The number of hydrogen-bond donors (Lipinski definition) is 1. The highest BCUT2D eigenvalue weighted by Gasteiger charge is 2.21. The number of benzene rings is 3. The molecule has 4 rings (SSSR count). The molecule has 0 aromatic heterocycles. The predicted octanol–water partition coefficient (Wildman–Crippen LogP) is 3.69. The van der Waals surface area contributed by atoms with Crippen LogP contribution in [0.5, 0.6) is 0 Å². The van der Waals surface area contributed by atoms with E-state index in [1.807, 2.05) is 29.2 Å². The summed E-state index contributed by atoms with van der Waals surface area (Å²) >= 11 is 0. The maximum absolute atomic E-state index is 12.7. The van der Waals surface area contributed by atoms with Gasteiger partial charge in [0.25, 0.3) is 0 Å². The molecular formula is C25H27N3O2. The standard InChI is InChI=1S/C25H27N3O2/c1-19(29)26-23-11-9-20(10-12-23)17-25(30)28-15-13-27(14-16-28)18-22-7-4-6-21-5-2-3-8-24(21)22/h2-12H,13-18H2,1H3,(H,26,29). The van der Waals surface area contributed by atoms with Crippen molar-refractivity contribution < 1.29 is 9.59 Å². The van der Waals surface area contributed by atoms with Gasteiger partial charge in [-0.3, -0.25) is 14.5 Å². The number of amides is 2. The first-order chi connectivity index (χ1) is 14.6. The molecule has 154 valence electrons. The van der Waals surface area contributed by atoms with Crippen LogP contribution >= 0.6 is 0 Å². The van der Waals surface area contributed by atoms with Crippen molar-refractivity contribution in [1.29, 1.82) is 0 Å². The molecule has 0 saturated carbocycles. The van der Waals surface area contributed by atoms with Gasteiger partial charge in [-0.1, -0.05) is 54.6 Å². The van der Waals surface area contributed by atoms with Gasteiger partial charge in [-0.25, -0.2) is 0 Å². The van der Waals surface area contributed by atoms with E-state index in [0.29, 0.717) is 6.42 Å². The number of carbonyl (C=O) groups excluding carboxylic acids is 2. The Balaban J connectivity index is 1.30. The first-order valence-corrected chi connectivity index (χ1v) is 10.4. The first kappa shape index (κ1) is 20.1. The monoisotopic (exact) mass is 401 g/mol. The maximum atomic E-state index is 12.7. The quantitative estimate of drug-likeness (QED) is 0.710. The second-order valence-electron chi connectivity index (χ2n) is 7.85. The van der Waals surface area contributed by atoms with Gasteiger partial charge < -0.3 is 10.2 Å². The average molecular weight is 402 g/mol. The maximum Gasteiger partial charge on any atom is 0.227 e. The minimum atomic E-state index is -0.0970. The molecule has 1 saturated heterocycles. The van der Waals surface area contributed by atoms with Crippen molar-refractivity contribution in [2.45, 2.75) is 19.9 Å². The molecule has 0 spiro atoms. The number of rotatable bonds is 5. The van der Waals surface area contributed by atoms with Crippen LogP contribution in [0.3, 0.4) is 0 Å². The molecule has 5 nitrogen and oxygen atoms in total. The van der Waals surface area contributed by atoms with Crippen LogP contribution in [0.2, 0.25) is 0 Å². The van der Waals surface area contributed by atoms with E-state index in [1.54, 1.807) is 0 Å². The number of nitrogens with one attached hydrogen (secondary N) is 1. The van der Waals surface area contributed by atoms with Crippen LogP contribution < -0.4 is 5.32 Å². The van der Waals surface area contributed by atoms with Crippen molar-refractivity contribution in [1.82, 2.24) is 9.80 Å². The fourth-order valence-electron chi connectivity index (χ4n) is 4.02. The van der Waals surface area contributed by atoms with E-state index in [-0.39, 0.29) is 11.8 Å². The molecule has 2 amide bonds. The summed E-state index contributed by atoms with van der Waals surface area (Å²) in [5.74, 6) is 0.0623. The molecule has 0 atom stereocenters. The number of fused-ring (bicyclic) bond motifs is 1. The Hall–Kier alpha value is -3.18. The average Bonchev–Trinajstić information content (AvgIpc) is 2.75. The lowest BCUT2D eigenvalue weighted by atomic mass is 10.0. The van der Waals surface area contributed by atoms with Crippen LogP contribution in [-0.2, 0) is 22.6 Å². The number of carbonyl (C=O) groups is 2. The number of hydrogen-bond acceptors (Lipinski definition) is 3. The zero-order chi connectivity index (χ0) is 20.9. The van der Waals surface area contributed by atoms with Crippen molar-refractivity contribution >= 4 is 28.3 Å². The lowest BCUT2D eigenvalue weighted by Gasteiger charge is -2.35. The summed E-state index contributed by atoms with van der Waals surface area (Å²) in [5.41, 5.74) is 3.06. The second kappa shape index (κ2) is 9.09. The summed E-state index contributed by atoms with van der Waals surface area (Å²) in [7, 11) is 0. The molecule has 1 aliphatic heterocycles. The van der Waals surface area contributed by atoms with Gasteiger partial charge in [0.1, 0.15) is 0 Å². The number of piperazine rings is 1. The summed E-state index contributed by atoms with van der Waals surface area (Å²) < 4.78 is 0. The Morgan fingerprint density at radius 2 is 1.57 bits per heavy atom. The molecule has 1 N–H and O–H groups in total. The van der Waals surface area contributed by atoms with Gasteiger partial charge in [0.05, 0.1) is 6.42 Å². The van der Waals surface area contributed by atoms with Crippen molar-refractivity contribution in [3.05, 3.63) is 77.9 Å². The fourth-order valence-corrected chi connectivity index (χ4v) is 4.02. The van der Waals surface area contributed by atoms with Crippen molar-refractivity contribution in [2.24, 2.45) is 0 Å². The first-order valence-electron chi connectivity index (χ1n) is 10.4. The summed E-state index contributed by atoms with van der Waals surface area (Å²) in [4.78, 5) is 28.2. The topological polar surface area (TPSA) is 52.7 Å². The van der Waals surface area contributed by atoms with Gasteiger partial charge in [0.2, 0.25) is 11.8 Å². The Bertz CT molecular complexity index is 1030. The molecule has 30 heavy (non-hydrogen) atoms. The highest BCUT2D eigenvalue weighted by atomic mass is 16.2. The summed E-state index contributed by atoms with van der Waals surface area (Å²) in [6.07, 6.45) is 0.393. The highest BCUT2D eigenvalue weighted by Crippen LogP contribution is 2.21. The van der Waals surface area contributed by atoms with Gasteiger partial charge in [0.15, 0.2) is 0 Å². The third-order valence-corrected chi connectivity index (χ3v) is 5.63. The van der Waals surface area contributed by atoms with E-state index in [2.05, 4.69) is 52.7 Å². The molecule has 0 bridgehead atoms. The van der Waals surface area contributed by atoms with Gasteiger partial charge >= 0.3 is 0 Å². The van der Waals surface area contributed by atoms with E-state index in [4.69, 9.17) is 0 Å². The van der Waals surface area contributed by atoms with Gasteiger partial charge in [-0.2, -0.15) is 0 Å². The van der Waals surface area contributed by atoms with Crippen molar-refractivity contribution in [3.8, 4) is 0 Å². The Kier molecular flexibility index (Phi) is 6.10. The van der Waals surface area contributed by atoms with Crippen LogP contribution in [0.1, 0.15) is 18.1 Å². The summed E-state index contributed by atoms with van der Waals surface area (Å²) in [6.45, 7) is 5.68. The minimum absolute atomic E-state index is 0.0970. The van der Waals surface area contributed by atoms with Gasteiger partial charge in [-0.15, -0.1) is 0 Å². The van der Waals surface area contributed by atoms with Crippen LogP contribution in [0, 0.1) is 0 Å². The van der Waals surface area contributed by atoms with E-state index >= 15 is 0 Å². The highest BCUT2D eigenvalue weighted by molar-refractivity contribution is 5.88. The SMILES string of the molecule is CC(=O)Nc1ccc(CC(=O)N2CCN(Cc3cccc4ccccc34)CC2)cc1. The lowest BCUT2D eigenvalue weighted by molar-refractivity contribution is -0.132. The van der Waals surface area contributed by atoms with Crippen LogP contribution in [0.15, 0.2) is 66.7 Å². The molecule has 0 aliphatic carbocycles. The normalized spacial score (nSPS) is 14.6. The van der Waals surface area contributed by atoms with E-state index in [9.17, 15) is 9.59 Å². The Morgan fingerprint density at radius 3 is 2.30 bits per heavy atom. The van der Waals surface area contributed by atoms with Gasteiger partial charge in [-0.05, 0) is 34.0 Å². The Morgan fingerprint density at radius 1 is 0.867 bits per heavy atom. The van der Waals surface area contributed by atoms with E-state index in [0.717, 1.165) is 44.0 Å². The molecule has 1 fully saturated rings. The zero-order valence-electron chi connectivity index (χ0n) is 17.3. The van der Waals surface area contributed by atoms with Crippen LogP contribution in [0.25, 0.3) is 10.8 Å². The van der Waals surface area contributed by atoms with Crippen molar-refractivity contribution in [3.63, 3.8) is 0 Å². The number of anilines is 1. The molecule has 5 heteroatoms. The molecule has 3 aromatic rings. The summed E-state index contributed by atoms with van der Waals surface area (Å²) in [6, 6.07) is 22.4. The molecule has 3 aromatic carbocycles. The van der Waals surface area contributed by atoms with E-state index in [1.165, 1.54) is 23.3 Å². The summed E-state index contributed by atoms with van der Waals surface area (Å²) in [5, 5.41) is 5.32. The molecule has 0 radical (unpaired) electrons. The molecule has 1 aliphatic rings.